The van der Waals surface area contributed by atoms with E-state index in [0.29, 0.717) is 5.56 Å². The molecule has 154 valence electrons. The van der Waals surface area contributed by atoms with Gasteiger partial charge in [0.15, 0.2) is 0 Å². The second-order valence-electron chi connectivity index (χ2n) is 8.54. The number of anilines is 1. The molecule has 0 radical (unpaired) electrons. The van der Waals surface area contributed by atoms with Gasteiger partial charge in [0.25, 0.3) is 5.91 Å². The number of amides is 1. The lowest BCUT2D eigenvalue weighted by molar-refractivity contribution is 0.0943. The van der Waals surface area contributed by atoms with Gasteiger partial charge in [0.2, 0.25) is 0 Å². The number of carbonyl (C=O) groups is 1. The van der Waals surface area contributed by atoms with E-state index in [1.54, 1.807) is 0 Å². The number of nitrogens with zero attached hydrogens (tertiary/aromatic N) is 3. The van der Waals surface area contributed by atoms with E-state index in [4.69, 9.17) is 4.98 Å². The van der Waals surface area contributed by atoms with Crippen LogP contribution >= 0.6 is 0 Å². The molecule has 6 nitrogen and oxygen atoms in total. The van der Waals surface area contributed by atoms with Crippen molar-refractivity contribution in [2.75, 3.05) is 25.0 Å². The minimum Gasteiger partial charge on any atom is -0.369 e. The zero-order valence-electron chi connectivity index (χ0n) is 17.4. The molecule has 1 amide bonds. The van der Waals surface area contributed by atoms with Crippen molar-refractivity contribution in [2.24, 2.45) is 5.92 Å². The van der Waals surface area contributed by atoms with E-state index < -0.39 is 0 Å². The maximum absolute atomic E-state index is 12.8. The van der Waals surface area contributed by atoms with Crippen molar-refractivity contribution in [1.29, 1.82) is 0 Å². The molecule has 2 aromatic rings. The number of hydrogen-bond donors (Lipinski definition) is 2. The van der Waals surface area contributed by atoms with Crippen LogP contribution < -0.4 is 10.6 Å². The Balaban J connectivity index is 1.52. The van der Waals surface area contributed by atoms with Crippen molar-refractivity contribution >= 4 is 11.7 Å². The molecule has 0 unspecified atom stereocenters. The van der Waals surface area contributed by atoms with Crippen molar-refractivity contribution in [2.45, 2.75) is 52.1 Å². The van der Waals surface area contributed by atoms with Crippen LogP contribution in [0.4, 0.5) is 5.82 Å². The average Bonchev–Trinajstić information content (AvgIpc) is 3.54. The molecular weight excluding hydrogens is 362 g/mol. The van der Waals surface area contributed by atoms with E-state index >= 15 is 0 Å². The highest BCUT2D eigenvalue weighted by Crippen LogP contribution is 2.30. The van der Waals surface area contributed by atoms with Crippen LogP contribution in [-0.4, -0.2) is 46.5 Å². The van der Waals surface area contributed by atoms with Crippen LogP contribution in [0.5, 0.6) is 0 Å². The number of fused-ring (bicyclic) bond motifs is 1. The summed E-state index contributed by atoms with van der Waals surface area (Å²) in [5.41, 5.74) is 4.08. The first-order valence-corrected chi connectivity index (χ1v) is 10.8. The van der Waals surface area contributed by atoms with Crippen molar-refractivity contribution < 1.29 is 4.79 Å². The Morgan fingerprint density at radius 1 is 1.24 bits per heavy atom. The molecule has 0 aromatic carbocycles. The first-order chi connectivity index (χ1) is 14.1. The van der Waals surface area contributed by atoms with Crippen LogP contribution in [-0.2, 0) is 19.4 Å². The third-order valence-electron chi connectivity index (χ3n) is 5.58. The highest BCUT2D eigenvalue weighted by molar-refractivity contribution is 5.99. The van der Waals surface area contributed by atoms with Gasteiger partial charge in [-0.2, -0.15) is 0 Å². The van der Waals surface area contributed by atoms with E-state index in [0.717, 1.165) is 62.1 Å². The lowest BCUT2D eigenvalue weighted by Gasteiger charge is -2.18. The molecule has 6 heteroatoms. The highest BCUT2D eigenvalue weighted by atomic mass is 16.1. The zero-order valence-corrected chi connectivity index (χ0v) is 17.4. The SMILES string of the molecule is CC(C)NC(=O)c1cc2c(nc1NCC1CC1)CCN(Cc1ccccn1)CC2. The van der Waals surface area contributed by atoms with E-state index in [-0.39, 0.29) is 11.9 Å². The normalized spacial score (nSPS) is 16.9. The molecule has 4 rings (SSSR count). The molecule has 2 aliphatic rings. The van der Waals surface area contributed by atoms with E-state index in [2.05, 4.69) is 32.7 Å². The van der Waals surface area contributed by atoms with E-state index in [1.165, 1.54) is 18.4 Å². The second kappa shape index (κ2) is 8.91. The molecule has 0 spiro atoms. The Labute approximate surface area is 173 Å². The molecule has 1 aliphatic heterocycles. The molecule has 1 fully saturated rings. The van der Waals surface area contributed by atoms with Gasteiger partial charge < -0.3 is 10.6 Å². The van der Waals surface area contributed by atoms with Gasteiger partial charge in [0.1, 0.15) is 5.82 Å². The monoisotopic (exact) mass is 393 g/mol. The quantitative estimate of drug-likeness (QED) is 0.757. The fraction of sp³-hybridized carbons (Fsp3) is 0.522. The summed E-state index contributed by atoms with van der Waals surface area (Å²) >= 11 is 0. The Hall–Kier alpha value is -2.47. The summed E-state index contributed by atoms with van der Waals surface area (Å²) in [5.74, 6) is 1.43. The largest absolute Gasteiger partial charge is 0.369 e. The van der Waals surface area contributed by atoms with Crippen LogP contribution in [0.2, 0.25) is 0 Å². The zero-order chi connectivity index (χ0) is 20.2. The first-order valence-electron chi connectivity index (χ1n) is 10.8. The molecule has 2 aromatic heterocycles. The number of carbonyl (C=O) groups excluding carboxylic acids is 1. The van der Waals surface area contributed by atoms with Gasteiger partial charge in [0, 0.05) is 50.5 Å². The number of pyridine rings is 2. The van der Waals surface area contributed by atoms with Gasteiger partial charge in [-0.3, -0.25) is 14.7 Å². The molecule has 0 bridgehead atoms. The average molecular weight is 394 g/mol. The molecule has 1 saturated carbocycles. The summed E-state index contributed by atoms with van der Waals surface area (Å²) in [4.78, 5) is 24.6. The topological polar surface area (TPSA) is 70.2 Å². The lowest BCUT2D eigenvalue weighted by atomic mass is 10.0. The van der Waals surface area contributed by atoms with Crippen LogP contribution in [0, 0.1) is 5.92 Å². The summed E-state index contributed by atoms with van der Waals surface area (Å²) in [7, 11) is 0. The van der Waals surface area contributed by atoms with Gasteiger partial charge in [0.05, 0.1) is 11.3 Å². The molecule has 3 heterocycles. The first kappa shape index (κ1) is 19.8. The maximum Gasteiger partial charge on any atom is 0.255 e. The van der Waals surface area contributed by atoms with Gasteiger partial charge in [-0.1, -0.05) is 6.07 Å². The van der Waals surface area contributed by atoms with Crippen molar-refractivity contribution in [3.05, 3.63) is 53.0 Å². The Bertz CT molecular complexity index is 848. The molecule has 0 atom stereocenters. The van der Waals surface area contributed by atoms with Gasteiger partial charge in [-0.25, -0.2) is 4.98 Å². The summed E-state index contributed by atoms with van der Waals surface area (Å²) in [6.45, 7) is 7.63. The van der Waals surface area contributed by atoms with Crippen LogP contribution in [0.15, 0.2) is 30.5 Å². The smallest absolute Gasteiger partial charge is 0.255 e. The maximum atomic E-state index is 12.8. The van der Waals surface area contributed by atoms with Gasteiger partial charge in [-0.15, -0.1) is 0 Å². The number of rotatable bonds is 7. The number of hydrogen-bond acceptors (Lipinski definition) is 5. The summed E-state index contributed by atoms with van der Waals surface area (Å²) in [5, 5.41) is 6.48. The fourth-order valence-corrected chi connectivity index (χ4v) is 3.77. The predicted molar refractivity (Wildman–Crippen MR) is 115 cm³/mol. The minimum atomic E-state index is -0.0387. The van der Waals surface area contributed by atoms with Crippen LogP contribution in [0.25, 0.3) is 0 Å². The molecular formula is C23H31N5O. The molecule has 0 saturated heterocycles. The summed E-state index contributed by atoms with van der Waals surface area (Å²) in [6, 6.07) is 8.23. The predicted octanol–water partition coefficient (Wildman–Crippen LogP) is 3.04. The molecule has 2 N–H and O–H groups in total. The Morgan fingerprint density at radius 2 is 2.07 bits per heavy atom. The third-order valence-corrected chi connectivity index (χ3v) is 5.58. The second-order valence-corrected chi connectivity index (χ2v) is 8.54. The highest BCUT2D eigenvalue weighted by Gasteiger charge is 2.24. The Kier molecular flexibility index (Phi) is 6.09. The minimum absolute atomic E-state index is 0.0387. The lowest BCUT2D eigenvalue weighted by Crippen LogP contribution is -2.31. The number of aromatic nitrogens is 2. The van der Waals surface area contributed by atoms with E-state index in [9.17, 15) is 4.79 Å². The Morgan fingerprint density at radius 3 is 2.79 bits per heavy atom. The summed E-state index contributed by atoms with van der Waals surface area (Å²) in [6.07, 6.45) is 6.19. The van der Waals surface area contributed by atoms with Gasteiger partial charge in [-0.05, 0) is 62.8 Å². The molecule has 29 heavy (non-hydrogen) atoms. The number of nitrogens with one attached hydrogen (secondary N) is 2. The van der Waals surface area contributed by atoms with E-state index in [1.807, 2.05) is 32.2 Å². The van der Waals surface area contributed by atoms with Crippen molar-refractivity contribution in [1.82, 2.24) is 20.2 Å². The standard InChI is InChI=1S/C23H31N5O/c1-16(2)26-23(29)20-13-18-8-11-28(15-19-5-3-4-10-24-19)12-9-21(18)27-22(20)25-14-17-6-7-17/h3-5,10,13,16-17H,6-9,11-12,14-15H2,1-2H3,(H,25,27)(H,26,29). The van der Waals surface area contributed by atoms with Crippen LogP contribution in [0.1, 0.15) is 54.0 Å². The van der Waals surface area contributed by atoms with Gasteiger partial charge >= 0.3 is 0 Å². The fourth-order valence-electron chi connectivity index (χ4n) is 3.77. The van der Waals surface area contributed by atoms with Crippen molar-refractivity contribution in [3.8, 4) is 0 Å². The third kappa shape index (κ3) is 5.32. The van der Waals surface area contributed by atoms with Crippen molar-refractivity contribution in [3.63, 3.8) is 0 Å². The van der Waals surface area contributed by atoms with Crippen LogP contribution in [0.3, 0.4) is 0 Å². The molecule has 1 aliphatic carbocycles. The summed E-state index contributed by atoms with van der Waals surface area (Å²) < 4.78 is 0.